The van der Waals surface area contributed by atoms with E-state index in [2.05, 4.69) is 27.2 Å². The van der Waals surface area contributed by atoms with Crippen molar-refractivity contribution in [2.24, 2.45) is 0 Å². The molecule has 1 atom stereocenters. The second-order valence-electron chi connectivity index (χ2n) is 7.01. The number of carbonyl (C=O) groups excluding carboxylic acids is 1. The normalized spacial score (nSPS) is 11.6. The Labute approximate surface area is 180 Å². The van der Waals surface area contributed by atoms with Crippen LogP contribution in [-0.2, 0) is 0 Å². The molecule has 6 nitrogen and oxygen atoms in total. The number of rotatable bonds is 7. The summed E-state index contributed by atoms with van der Waals surface area (Å²) in [7, 11) is 0. The van der Waals surface area contributed by atoms with E-state index >= 15 is 0 Å². The third-order valence-corrected chi connectivity index (χ3v) is 4.61. The Kier molecular flexibility index (Phi) is 6.82. The van der Waals surface area contributed by atoms with E-state index in [0.29, 0.717) is 16.3 Å². The molecule has 2 heterocycles. The molecular formula is C23H23ClN4O2. The molecule has 30 heavy (non-hydrogen) atoms. The fraction of sp³-hybridized carbons (Fsp3) is 0.174. The zero-order valence-corrected chi connectivity index (χ0v) is 17.6. The summed E-state index contributed by atoms with van der Waals surface area (Å²) in [5, 5.41) is 16.1. The Morgan fingerprint density at radius 3 is 2.70 bits per heavy atom. The Morgan fingerprint density at radius 2 is 2.00 bits per heavy atom. The van der Waals surface area contributed by atoms with Crippen LogP contribution < -0.4 is 10.6 Å². The molecule has 0 fully saturated rings. The van der Waals surface area contributed by atoms with E-state index in [1.54, 1.807) is 25.4 Å². The predicted molar refractivity (Wildman–Crippen MR) is 121 cm³/mol. The summed E-state index contributed by atoms with van der Waals surface area (Å²) in [5.41, 5.74) is 4.97. The number of aliphatic hydroxyl groups is 1. The fourth-order valence-corrected chi connectivity index (χ4v) is 3.06. The lowest BCUT2D eigenvalue weighted by Gasteiger charge is -2.16. The molecule has 1 aromatic carbocycles. The Hall–Kier alpha value is -3.22. The summed E-state index contributed by atoms with van der Waals surface area (Å²) < 4.78 is 0. The standard InChI is InChI=1S/C23H23ClN4O2/c1-14(2)18-13-26-21(16-5-4-6-17(24)9-16)10-22(18)28-20-7-8-25-12-19(20)23(30)27-11-15(3)29/h4-10,12-13,15,29H,1,11H2,2-3H3,(H,27,30)(H,25,26,28). The van der Waals surface area contributed by atoms with Gasteiger partial charge in [-0.15, -0.1) is 0 Å². The Balaban J connectivity index is 1.99. The summed E-state index contributed by atoms with van der Waals surface area (Å²) in [6.45, 7) is 7.68. The van der Waals surface area contributed by atoms with Gasteiger partial charge >= 0.3 is 0 Å². The molecule has 0 aliphatic heterocycles. The van der Waals surface area contributed by atoms with E-state index in [1.807, 2.05) is 37.3 Å². The zero-order chi connectivity index (χ0) is 21.7. The molecule has 3 N–H and O–H groups in total. The van der Waals surface area contributed by atoms with Crippen molar-refractivity contribution in [1.82, 2.24) is 15.3 Å². The van der Waals surface area contributed by atoms with Gasteiger partial charge in [-0.2, -0.15) is 0 Å². The van der Waals surface area contributed by atoms with Crippen LogP contribution in [0.2, 0.25) is 5.02 Å². The van der Waals surface area contributed by atoms with Crippen LogP contribution in [0.15, 0.2) is 61.6 Å². The van der Waals surface area contributed by atoms with E-state index in [1.165, 1.54) is 6.20 Å². The lowest BCUT2D eigenvalue weighted by molar-refractivity contribution is 0.0924. The minimum atomic E-state index is -0.641. The van der Waals surface area contributed by atoms with Gasteiger partial charge in [-0.1, -0.05) is 30.3 Å². The van der Waals surface area contributed by atoms with Crippen LogP contribution in [0, 0.1) is 0 Å². The quantitative estimate of drug-likeness (QED) is 0.514. The molecule has 2 aromatic heterocycles. The molecule has 0 radical (unpaired) electrons. The van der Waals surface area contributed by atoms with E-state index in [4.69, 9.17) is 11.6 Å². The third kappa shape index (κ3) is 5.23. The van der Waals surface area contributed by atoms with Crippen LogP contribution in [0.25, 0.3) is 16.8 Å². The molecule has 0 saturated carbocycles. The number of amides is 1. The smallest absolute Gasteiger partial charge is 0.255 e. The Bertz CT molecular complexity index is 1080. The summed E-state index contributed by atoms with van der Waals surface area (Å²) in [6.07, 6.45) is 4.19. The molecule has 0 bridgehead atoms. The number of pyridine rings is 2. The number of carbonyl (C=O) groups is 1. The maximum atomic E-state index is 12.6. The number of nitrogens with zero attached hydrogens (tertiary/aromatic N) is 2. The fourth-order valence-electron chi connectivity index (χ4n) is 2.87. The van der Waals surface area contributed by atoms with Crippen molar-refractivity contribution in [1.29, 1.82) is 0 Å². The van der Waals surface area contributed by atoms with Crippen LogP contribution in [0.5, 0.6) is 0 Å². The molecule has 0 saturated heterocycles. The SMILES string of the molecule is C=C(C)c1cnc(-c2cccc(Cl)c2)cc1Nc1ccncc1C(=O)NCC(C)O. The Morgan fingerprint density at radius 1 is 1.20 bits per heavy atom. The first-order valence-corrected chi connectivity index (χ1v) is 9.82. The van der Waals surface area contributed by atoms with E-state index in [9.17, 15) is 9.90 Å². The summed E-state index contributed by atoms with van der Waals surface area (Å²) in [5.74, 6) is -0.326. The topological polar surface area (TPSA) is 87.1 Å². The van der Waals surface area contributed by atoms with Crippen LogP contribution >= 0.6 is 11.6 Å². The first-order valence-electron chi connectivity index (χ1n) is 9.44. The van der Waals surface area contributed by atoms with Crippen LogP contribution in [0.4, 0.5) is 11.4 Å². The number of aromatic nitrogens is 2. The van der Waals surface area contributed by atoms with Gasteiger partial charge in [0.1, 0.15) is 0 Å². The third-order valence-electron chi connectivity index (χ3n) is 4.38. The van der Waals surface area contributed by atoms with Gasteiger partial charge in [-0.25, -0.2) is 0 Å². The average molecular weight is 423 g/mol. The van der Waals surface area contributed by atoms with Gasteiger partial charge in [0.2, 0.25) is 0 Å². The molecule has 0 spiro atoms. The predicted octanol–water partition coefficient (Wildman–Crippen LogP) is 4.68. The maximum Gasteiger partial charge on any atom is 0.255 e. The number of nitrogens with one attached hydrogen (secondary N) is 2. The molecule has 3 rings (SSSR count). The van der Waals surface area contributed by atoms with Gasteiger partial charge in [0.15, 0.2) is 0 Å². The van der Waals surface area contributed by atoms with E-state index in [0.717, 1.165) is 28.1 Å². The van der Waals surface area contributed by atoms with Gasteiger partial charge < -0.3 is 15.7 Å². The summed E-state index contributed by atoms with van der Waals surface area (Å²) >= 11 is 6.13. The number of allylic oxidation sites excluding steroid dienone is 1. The highest BCUT2D eigenvalue weighted by atomic mass is 35.5. The highest BCUT2D eigenvalue weighted by Crippen LogP contribution is 2.31. The van der Waals surface area contributed by atoms with Gasteiger partial charge in [0, 0.05) is 47.0 Å². The number of hydrogen-bond acceptors (Lipinski definition) is 5. The van der Waals surface area contributed by atoms with Gasteiger partial charge in [-0.05, 0) is 43.7 Å². The number of aliphatic hydroxyl groups excluding tert-OH is 1. The first kappa shape index (κ1) is 21.5. The number of anilines is 2. The molecular weight excluding hydrogens is 400 g/mol. The van der Waals surface area contributed by atoms with Crippen LogP contribution in [0.1, 0.15) is 29.8 Å². The zero-order valence-electron chi connectivity index (χ0n) is 16.8. The van der Waals surface area contributed by atoms with E-state index in [-0.39, 0.29) is 12.5 Å². The van der Waals surface area contributed by atoms with Crippen molar-refractivity contribution in [3.05, 3.63) is 77.7 Å². The van der Waals surface area contributed by atoms with Crippen LogP contribution in [-0.4, -0.2) is 33.6 Å². The number of benzene rings is 1. The molecule has 154 valence electrons. The van der Waals surface area contributed by atoms with Gasteiger partial charge in [-0.3, -0.25) is 14.8 Å². The second kappa shape index (κ2) is 9.52. The molecule has 1 amide bonds. The lowest BCUT2D eigenvalue weighted by atomic mass is 10.0. The number of hydrogen-bond donors (Lipinski definition) is 3. The summed E-state index contributed by atoms with van der Waals surface area (Å²) in [6, 6.07) is 11.1. The molecule has 3 aromatic rings. The van der Waals surface area contributed by atoms with E-state index < -0.39 is 6.10 Å². The average Bonchev–Trinajstić information content (AvgIpc) is 2.72. The van der Waals surface area contributed by atoms with Gasteiger partial charge in [0.05, 0.1) is 23.0 Å². The minimum Gasteiger partial charge on any atom is -0.392 e. The van der Waals surface area contributed by atoms with Crippen molar-refractivity contribution in [2.75, 3.05) is 11.9 Å². The van der Waals surface area contributed by atoms with Crippen molar-refractivity contribution < 1.29 is 9.90 Å². The minimum absolute atomic E-state index is 0.151. The molecule has 0 aliphatic carbocycles. The van der Waals surface area contributed by atoms with Crippen molar-refractivity contribution in [3.8, 4) is 11.3 Å². The molecule has 0 aliphatic rings. The van der Waals surface area contributed by atoms with Crippen molar-refractivity contribution in [3.63, 3.8) is 0 Å². The van der Waals surface area contributed by atoms with Crippen molar-refractivity contribution in [2.45, 2.75) is 20.0 Å². The second-order valence-corrected chi connectivity index (χ2v) is 7.45. The lowest BCUT2D eigenvalue weighted by Crippen LogP contribution is -2.31. The maximum absolute atomic E-state index is 12.6. The molecule has 1 unspecified atom stereocenters. The van der Waals surface area contributed by atoms with Gasteiger partial charge in [0.25, 0.3) is 5.91 Å². The number of halogens is 1. The first-order chi connectivity index (χ1) is 14.3. The largest absolute Gasteiger partial charge is 0.392 e. The molecule has 7 heteroatoms. The highest BCUT2D eigenvalue weighted by Gasteiger charge is 2.15. The monoisotopic (exact) mass is 422 g/mol. The van der Waals surface area contributed by atoms with Crippen LogP contribution in [0.3, 0.4) is 0 Å². The highest BCUT2D eigenvalue weighted by molar-refractivity contribution is 6.30. The van der Waals surface area contributed by atoms with Crippen molar-refractivity contribution >= 4 is 34.5 Å². The summed E-state index contributed by atoms with van der Waals surface area (Å²) in [4.78, 5) is 21.2.